The first-order valence-electron chi connectivity index (χ1n) is 6.83. The van der Waals surface area contributed by atoms with Gasteiger partial charge in [-0.15, -0.1) is 0 Å². The highest BCUT2D eigenvalue weighted by Gasteiger charge is 2.59. The average molecular weight is 283 g/mol. The molecule has 1 aliphatic carbocycles. The third-order valence-electron chi connectivity index (χ3n) is 4.88. The zero-order chi connectivity index (χ0) is 13.4. The first-order chi connectivity index (χ1) is 9.75. The highest BCUT2D eigenvalue weighted by atomic mass is 35.5. The number of benzene rings is 2. The Balaban J connectivity index is 1.75. The van der Waals surface area contributed by atoms with Crippen LogP contribution < -0.4 is 0 Å². The van der Waals surface area contributed by atoms with Crippen molar-refractivity contribution in [2.24, 2.45) is 5.92 Å². The molecule has 0 N–H and O–H groups in total. The van der Waals surface area contributed by atoms with Gasteiger partial charge in [0.05, 0.1) is 18.1 Å². The Hall–Kier alpha value is -1.64. The van der Waals surface area contributed by atoms with Gasteiger partial charge in [0.2, 0.25) is 0 Å². The van der Waals surface area contributed by atoms with Gasteiger partial charge in [0.25, 0.3) is 0 Å². The van der Waals surface area contributed by atoms with Crippen molar-refractivity contribution in [3.63, 3.8) is 0 Å². The van der Waals surface area contributed by atoms with Crippen LogP contribution in [-0.4, -0.2) is 5.78 Å². The van der Waals surface area contributed by atoms with Gasteiger partial charge < -0.3 is 4.74 Å². The lowest BCUT2D eigenvalue weighted by atomic mass is 9.76. The molecule has 98 valence electrons. The van der Waals surface area contributed by atoms with Gasteiger partial charge in [-0.1, -0.05) is 35.9 Å². The minimum absolute atomic E-state index is 0.00451. The summed E-state index contributed by atoms with van der Waals surface area (Å²) in [5.41, 5.74) is 4.32. The van der Waals surface area contributed by atoms with E-state index in [1.165, 1.54) is 11.1 Å². The van der Waals surface area contributed by atoms with Crippen LogP contribution in [0.15, 0.2) is 42.5 Å². The molecule has 0 saturated carbocycles. The van der Waals surface area contributed by atoms with Crippen LogP contribution in [0, 0.1) is 5.92 Å². The molecular formula is C17H11ClO2. The lowest BCUT2D eigenvalue weighted by Crippen LogP contribution is -2.20. The highest BCUT2D eigenvalue weighted by Crippen LogP contribution is 2.64. The van der Waals surface area contributed by atoms with Crippen LogP contribution >= 0.6 is 11.6 Å². The van der Waals surface area contributed by atoms with E-state index in [4.69, 9.17) is 16.3 Å². The van der Waals surface area contributed by atoms with Crippen molar-refractivity contribution in [3.8, 4) is 0 Å². The summed E-state index contributed by atoms with van der Waals surface area (Å²) in [7, 11) is 0. The number of carbonyl (C=O) groups excluding carboxylic acids is 1. The Bertz CT molecular complexity index is 767. The molecular weight excluding hydrogens is 272 g/mol. The van der Waals surface area contributed by atoms with Crippen LogP contribution in [-0.2, 0) is 4.74 Å². The van der Waals surface area contributed by atoms with Crippen LogP contribution in [0.1, 0.15) is 45.2 Å². The summed E-state index contributed by atoms with van der Waals surface area (Å²) >= 11 is 6.11. The summed E-state index contributed by atoms with van der Waals surface area (Å²) in [6.45, 7) is 0. The number of rotatable bonds is 0. The molecule has 2 heterocycles. The number of fused-ring (bicyclic) bond motifs is 10. The van der Waals surface area contributed by atoms with Crippen molar-refractivity contribution in [3.05, 3.63) is 69.7 Å². The van der Waals surface area contributed by atoms with Gasteiger partial charge in [0.1, 0.15) is 0 Å². The predicted molar refractivity (Wildman–Crippen MR) is 75.0 cm³/mol. The molecule has 2 bridgehead atoms. The van der Waals surface area contributed by atoms with E-state index in [0.29, 0.717) is 5.02 Å². The highest BCUT2D eigenvalue weighted by molar-refractivity contribution is 6.30. The molecule has 2 aromatic carbocycles. The first-order valence-corrected chi connectivity index (χ1v) is 7.21. The second-order valence-corrected chi connectivity index (χ2v) is 6.19. The number of hydrogen-bond acceptors (Lipinski definition) is 2. The average Bonchev–Trinajstić information content (AvgIpc) is 3.10. The minimum atomic E-state index is -0.0834. The van der Waals surface area contributed by atoms with Crippen molar-refractivity contribution >= 4 is 17.4 Å². The van der Waals surface area contributed by atoms with E-state index in [1.54, 1.807) is 6.07 Å². The molecule has 1 fully saturated rings. The molecule has 20 heavy (non-hydrogen) atoms. The Morgan fingerprint density at radius 3 is 2.35 bits per heavy atom. The summed E-state index contributed by atoms with van der Waals surface area (Å²) in [6.07, 6.45) is -0.0789. The van der Waals surface area contributed by atoms with Crippen LogP contribution in [0.25, 0.3) is 0 Å². The smallest absolute Gasteiger partial charge is 0.169 e. The number of hydrogen-bond donors (Lipinski definition) is 0. The van der Waals surface area contributed by atoms with Crippen LogP contribution in [0.4, 0.5) is 0 Å². The van der Waals surface area contributed by atoms with Crippen molar-refractivity contribution in [2.45, 2.75) is 18.1 Å². The lowest BCUT2D eigenvalue weighted by molar-refractivity contribution is 0.0526. The van der Waals surface area contributed by atoms with Crippen LogP contribution in [0.3, 0.4) is 0 Å². The number of Topliss-reactive ketones (excluding diaryl/α,β-unsaturated/α-hetero) is 1. The summed E-state index contributed by atoms with van der Waals surface area (Å²) in [5.74, 6) is 0.281. The second-order valence-electron chi connectivity index (χ2n) is 5.75. The maximum Gasteiger partial charge on any atom is 0.169 e. The molecule has 4 atom stereocenters. The minimum Gasteiger partial charge on any atom is -0.364 e. The molecule has 3 heteroatoms. The summed E-state index contributed by atoms with van der Waals surface area (Å²) in [5, 5.41) is 0.688. The maximum atomic E-state index is 12.7. The van der Waals surface area contributed by atoms with Gasteiger partial charge >= 0.3 is 0 Å². The quantitative estimate of drug-likeness (QED) is 0.728. The molecule has 5 rings (SSSR count). The Morgan fingerprint density at radius 2 is 1.60 bits per heavy atom. The zero-order valence-electron chi connectivity index (χ0n) is 10.5. The molecule has 2 aromatic rings. The van der Waals surface area contributed by atoms with Crippen molar-refractivity contribution in [1.29, 1.82) is 0 Å². The van der Waals surface area contributed by atoms with E-state index in [0.717, 1.165) is 11.1 Å². The molecule has 0 amide bonds. The Morgan fingerprint density at radius 1 is 0.900 bits per heavy atom. The number of carbonyl (C=O) groups is 1. The molecule has 0 unspecified atom stereocenters. The van der Waals surface area contributed by atoms with E-state index in [2.05, 4.69) is 12.1 Å². The zero-order valence-corrected chi connectivity index (χ0v) is 11.3. The van der Waals surface area contributed by atoms with E-state index < -0.39 is 0 Å². The van der Waals surface area contributed by atoms with Crippen molar-refractivity contribution in [1.82, 2.24) is 0 Å². The summed E-state index contributed by atoms with van der Waals surface area (Å²) < 4.78 is 6.11. The van der Waals surface area contributed by atoms with E-state index in [-0.39, 0.29) is 29.8 Å². The number of ketones is 1. The molecule has 2 aliphatic heterocycles. The van der Waals surface area contributed by atoms with Crippen LogP contribution in [0.5, 0.6) is 0 Å². The molecule has 0 aromatic heterocycles. The van der Waals surface area contributed by atoms with Crippen LogP contribution in [0.2, 0.25) is 5.02 Å². The topological polar surface area (TPSA) is 26.3 Å². The standard InChI is InChI=1S/C17H11ClO2/c18-8-5-6-9-12(7-8)13-14(15(9)19)17-11-4-2-1-3-10(11)16(13)20-17/h1-7,13-14,16-17H/t13-,14-,16+,17-/m0/s1. The fourth-order valence-corrected chi connectivity index (χ4v) is 4.32. The van der Waals surface area contributed by atoms with E-state index >= 15 is 0 Å². The second kappa shape index (κ2) is 3.51. The third-order valence-corrected chi connectivity index (χ3v) is 5.12. The van der Waals surface area contributed by atoms with Gasteiger partial charge in [-0.2, -0.15) is 0 Å². The van der Waals surface area contributed by atoms with E-state index in [1.807, 2.05) is 24.3 Å². The third kappa shape index (κ3) is 1.13. The predicted octanol–water partition coefficient (Wildman–Crippen LogP) is 4.06. The Labute approximate surface area is 121 Å². The van der Waals surface area contributed by atoms with Crippen molar-refractivity contribution < 1.29 is 9.53 Å². The fraction of sp³-hybridized carbons (Fsp3) is 0.235. The monoisotopic (exact) mass is 282 g/mol. The summed E-state index contributed by atoms with van der Waals surface area (Å²) in [4.78, 5) is 12.7. The number of halogens is 1. The molecule has 2 nitrogen and oxygen atoms in total. The first kappa shape index (κ1) is 11.1. The van der Waals surface area contributed by atoms with Gasteiger partial charge in [-0.05, 0) is 34.9 Å². The number of ether oxygens (including phenoxy) is 1. The maximum absolute atomic E-state index is 12.7. The Kier molecular flexibility index (Phi) is 1.94. The molecule has 3 aliphatic rings. The lowest BCUT2D eigenvalue weighted by Gasteiger charge is -2.22. The molecule has 1 saturated heterocycles. The van der Waals surface area contributed by atoms with Gasteiger partial charge in [-0.3, -0.25) is 4.79 Å². The fourth-order valence-electron chi connectivity index (χ4n) is 4.14. The SMILES string of the molecule is O=C1c2ccc(Cl)cc2[C@H]2[C@@H]1[C@H]1O[C@@H]2c2ccccc21. The summed E-state index contributed by atoms with van der Waals surface area (Å²) in [6, 6.07) is 13.8. The van der Waals surface area contributed by atoms with Gasteiger partial charge in [0.15, 0.2) is 5.78 Å². The largest absolute Gasteiger partial charge is 0.364 e. The van der Waals surface area contributed by atoms with Gasteiger partial charge in [-0.25, -0.2) is 0 Å². The normalized spacial score (nSPS) is 32.1. The molecule has 0 radical (unpaired) electrons. The van der Waals surface area contributed by atoms with E-state index in [9.17, 15) is 4.79 Å². The van der Waals surface area contributed by atoms with Crippen molar-refractivity contribution in [2.75, 3.05) is 0 Å². The molecule has 0 spiro atoms. The van der Waals surface area contributed by atoms with Gasteiger partial charge in [0, 0.05) is 16.5 Å².